The molecule has 0 aromatic carbocycles. The Labute approximate surface area is 189 Å². The van der Waals surface area contributed by atoms with Crippen LogP contribution in [0.15, 0.2) is 56.6 Å². The van der Waals surface area contributed by atoms with Crippen molar-refractivity contribution in [2.45, 2.75) is 26.8 Å². The molecular weight excluding hydrogens is 420 g/mol. The first-order valence-corrected chi connectivity index (χ1v) is 10.7. The van der Waals surface area contributed by atoms with E-state index in [1.54, 1.807) is 30.4 Å². The first-order chi connectivity index (χ1) is 15.4. The van der Waals surface area contributed by atoms with E-state index < -0.39 is 0 Å². The standard InChI is InChI=1S/C25H18N4O2S/c1-15(2)29-20(22-8-6-18(30-22)10-16(3)27-4)12-24-21(29)13-25(32-24)23-9-7-19(31-23)11-17(14-26)28-5/h6-13,15H,1-3H3/b16-10-,17-11+. The van der Waals surface area contributed by atoms with E-state index in [0.29, 0.717) is 23.0 Å². The highest BCUT2D eigenvalue weighted by Crippen LogP contribution is 2.41. The van der Waals surface area contributed by atoms with Gasteiger partial charge in [-0.3, -0.25) is 0 Å². The van der Waals surface area contributed by atoms with Gasteiger partial charge in [-0.25, -0.2) is 15.0 Å². The van der Waals surface area contributed by atoms with Gasteiger partial charge in [-0.05, 0) is 69.3 Å². The normalized spacial score (nSPS) is 12.2. The molecule has 0 fully saturated rings. The van der Waals surface area contributed by atoms with Crippen LogP contribution < -0.4 is 0 Å². The lowest BCUT2D eigenvalue weighted by Crippen LogP contribution is -2.01. The zero-order valence-electron chi connectivity index (χ0n) is 17.7. The number of nitrogens with zero attached hydrogens (tertiary/aromatic N) is 4. The van der Waals surface area contributed by atoms with Gasteiger partial charge in [-0.15, -0.1) is 11.3 Å². The maximum Gasteiger partial charge on any atom is 0.265 e. The van der Waals surface area contributed by atoms with Gasteiger partial charge in [0.2, 0.25) is 0 Å². The van der Waals surface area contributed by atoms with Crippen molar-refractivity contribution in [2.75, 3.05) is 0 Å². The number of thiophene rings is 1. The summed E-state index contributed by atoms with van der Waals surface area (Å²) >= 11 is 1.61. The molecule has 156 valence electrons. The van der Waals surface area contributed by atoms with Crippen LogP contribution in [-0.2, 0) is 0 Å². The van der Waals surface area contributed by atoms with Crippen molar-refractivity contribution in [1.82, 2.24) is 4.57 Å². The van der Waals surface area contributed by atoms with Crippen molar-refractivity contribution in [3.05, 3.63) is 82.1 Å². The summed E-state index contributed by atoms with van der Waals surface area (Å²) in [6.07, 6.45) is 3.17. The van der Waals surface area contributed by atoms with Crippen molar-refractivity contribution < 1.29 is 8.83 Å². The molecule has 32 heavy (non-hydrogen) atoms. The lowest BCUT2D eigenvalue weighted by Gasteiger charge is -2.12. The fourth-order valence-corrected chi connectivity index (χ4v) is 4.52. The van der Waals surface area contributed by atoms with Gasteiger partial charge in [0.15, 0.2) is 11.5 Å². The highest BCUT2D eigenvalue weighted by molar-refractivity contribution is 7.22. The zero-order valence-corrected chi connectivity index (χ0v) is 18.5. The summed E-state index contributed by atoms with van der Waals surface area (Å²) in [7, 11) is 0. The summed E-state index contributed by atoms with van der Waals surface area (Å²) in [6, 6.07) is 13.6. The van der Waals surface area contributed by atoms with Crippen LogP contribution in [0, 0.1) is 24.5 Å². The maximum absolute atomic E-state index is 8.94. The van der Waals surface area contributed by atoms with E-state index in [4.69, 9.17) is 27.2 Å². The quantitative estimate of drug-likeness (QED) is 0.235. The summed E-state index contributed by atoms with van der Waals surface area (Å²) in [5.74, 6) is 2.57. The Morgan fingerprint density at radius 3 is 2.41 bits per heavy atom. The smallest absolute Gasteiger partial charge is 0.265 e. The Morgan fingerprint density at radius 1 is 1.06 bits per heavy atom. The molecule has 4 aromatic heterocycles. The van der Waals surface area contributed by atoms with Crippen LogP contribution in [0.4, 0.5) is 0 Å². The maximum atomic E-state index is 8.94. The van der Waals surface area contributed by atoms with Crippen LogP contribution >= 0.6 is 11.3 Å². The molecule has 4 heterocycles. The van der Waals surface area contributed by atoms with Crippen molar-refractivity contribution >= 4 is 33.7 Å². The van der Waals surface area contributed by atoms with Crippen molar-refractivity contribution in [1.29, 1.82) is 5.26 Å². The zero-order chi connectivity index (χ0) is 22.8. The Balaban J connectivity index is 1.74. The molecule has 0 amide bonds. The predicted octanol–water partition coefficient (Wildman–Crippen LogP) is 7.87. The minimum atomic E-state index is -0.0163. The lowest BCUT2D eigenvalue weighted by molar-refractivity contribution is 0.553. The highest BCUT2D eigenvalue weighted by atomic mass is 32.1. The van der Waals surface area contributed by atoms with E-state index in [1.165, 1.54) is 6.08 Å². The van der Waals surface area contributed by atoms with Crippen molar-refractivity contribution in [3.8, 4) is 28.2 Å². The third kappa shape index (κ3) is 3.88. The Morgan fingerprint density at radius 2 is 1.75 bits per heavy atom. The molecule has 0 aliphatic carbocycles. The van der Waals surface area contributed by atoms with E-state index in [9.17, 15) is 0 Å². The molecular formula is C25H18N4O2S. The fraction of sp³-hybridized carbons (Fsp3) is 0.160. The number of fused-ring (bicyclic) bond motifs is 1. The molecule has 0 unspecified atom stereocenters. The summed E-state index contributed by atoms with van der Waals surface area (Å²) in [5, 5.41) is 8.94. The van der Waals surface area contributed by atoms with Crippen molar-refractivity contribution in [2.24, 2.45) is 0 Å². The minimum Gasteiger partial charge on any atom is -0.457 e. The molecule has 0 radical (unpaired) electrons. The van der Waals surface area contributed by atoms with E-state index in [2.05, 4.69) is 40.2 Å². The molecule has 0 saturated carbocycles. The number of hydrogen-bond acceptors (Lipinski definition) is 4. The third-order valence-corrected chi connectivity index (χ3v) is 5.92. The molecule has 7 heteroatoms. The number of rotatable bonds is 5. The van der Waals surface area contributed by atoms with Crippen molar-refractivity contribution in [3.63, 3.8) is 0 Å². The fourth-order valence-electron chi connectivity index (χ4n) is 3.47. The molecule has 0 aliphatic rings. The highest BCUT2D eigenvalue weighted by Gasteiger charge is 2.19. The van der Waals surface area contributed by atoms with Crippen LogP contribution in [0.3, 0.4) is 0 Å². The number of furan rings is 2. The topological polar surface area (TPSA) is 63.7 Å². The van der Waals surface area contributed by atoms with Gasteiger partial charge in [0.1, 0.15) is 17.3 Å². The van der Waals surface area contributed by atoms with E-state index in [-0.39, 0.29) is 11.7 Å². The number of nitriles is 1. The average Bonchev–Trinajstić information content (AvgIpc) is 3.53. The second-order valence-corrected chi connectivity index (χ2v) is 8.49. The second-order valence-electron chi connectivity index (χ2n) is 7.41. The molecule has 0 aliphatic heterocycles. The van der Waals surface area contributed by atoms with Crippen LogP contribution in [0.2, 0.25) is 0 Å². The van der Waals surface area contributed by atoms with Crippen LogP contribution in [-0.4, -0.2) is 4.57 Å². The summed E-state index contributed by atoms with van der Waals surface area (Å²) in [5.41, 5.74) is 2.61. The van der Waals surface area contributed by atoms with Gasteiger partial charge in [-0.1, -0.05) is 0 Å². The SMILES string of the molecule is [C-]#[N+]/C(C)=C\c1ccc(-c2cc3sc(-c4ccc(/C=C(\C#N)[N+]#[C-])o4)cc3n2C(C)C)o1. The first kappa shape index (κ1) is 21.0. The summed E-state index contributed by atoms with van der Waals surface area (Å²) in [4.78, 5) is 7.54. The second kappa shape index (κ2) is 8.47. The molecule has 0 bridgehead atoms. The number of allylic oxidation sites excluding steroid dienone is 2. The van der Waals surface area contributed by atoms with Crippen LogP contribution in [0.1, 0.15) is 38.3 Å². The third-order valence-electron chi connectivity index (χ3n) is 4.83. The summed E-state index contributed by atoms with van der Waals surface area (Å²) < 4.78 is 15.2. The van der Waals surface area contributed by atoms with E-state index >= 15 is 0 Å². The lowest BCUT2D eigenvalue weighted by atomic mass is 10.3. The van der Waals surface area contributed by atoms with Crippen LogP contribution in [0.25, 0.3) is 54.2 Å². The Bertz CT molecular complexity index is 1480. The van der Waals surface area contributed by atoms with Gasteiger partial charge < -0.3 is 13.4 Å². The molecule has 4 aromatic rings. The number of aromatic nitrogens is 1. The predicted molar refractivity (Wildman–Crippen MR) is 126 cm³/mol. The average molecular weight is 439 g/mol. The molecule has 0 spiro atoms. The molecule has 6 nitrogen and oxygen atoms in total. The molecule has 4 rings (SSSR count). The van der Waals surface area contributed by atoms with Gasteiger partial charge in [-0.2, -0.15) is 0 Å². The van der Waals surface area contributed by atoms with E-state index in [0.717, 1.165) is 26.5 Å². The van der Waals surface area contributed by atoms with Gasteiger partial charge in [0, 0.05) is 6.04 Å². The Kier molecular flexibility index (Phi) is 5.56. The number of hydrogen-bond donors (Lipinski definition) is 0. The minimum absolute atomic E-state index is 0.0163. The Hall–Kier alpha value is -4.25. The first-order valence-electron chi connectivity index (χ1n) is 9.83. The van der Waals surface area contributed by atoms with Gasteiger partial charge in [0.25, 0.3) is 5.70 Å². The largest absolute Gasteiger partial charge is 0.457 e. The molecule has 0 N–H and O–H groups in total. The monoisotopic (exact) mass is 438 g/mol. The molecule has 0 saturated heterocycles. The van der Waals surface area contributed by atoms with Crippen LogP contribution in [0.5, 0.6) is 0 Å². The molecule has 0 atom stereocenters. The van der Waals surface area contributed by atoms with Gasteiger partial charge >= 0.3 is 0 Å². The van der Waals surface area contributed by atoms with Gasteiger partial charge in [0.05, 0.1) is 40.0 Å². The van der Waals surface area contributed by atoms with E-state index in [1.807, 2.05) is 24.3 Å². The summed E-state index contributed by atoms with van der Waals surface area (Å²) in [6.45, 7) is 20.1.